The fourth-order valence-electron chi connectivity index (χ4n) is 2.72. The van der Waals surface area contributed by atoms with Crippen LogP contribution in [0.2, 0.25) is 5.02 Å². The fourth-order valence-corrected chi connectivity index (χ4v) is 2.84. The van der Waals surface area contributed by atoms with Crippen LogP contribution in [-0.2, 0) is 5.54 Å². The van der Waals surface area contributed by atoms with Crippen LogP contribution in [-0.4, -0.2) is 16.1 Å². The van der Waals surface area contributed by atoms with Gasteiger partial charge < -0.3 is 10.3 Å². The van der Waals surface area contributed by atoms with Crippen LogP contribution in [0.5, 0.6) is 0 Å². The molecule has 0 aliphatic heterocycles. The number of hydrogen-bond acceptors (Lipinski definition) is 2. The predicted octanol–water partition coefficient (Wildman–Crippen LogP) is 3.92. The lowest BCUT2D eigenvalue weighted by Gasteiger charge is -2.33. The van der Waals surface area contributed by atoms with Gasteiger partial charge in [-0.2, -0.15) is 0 Å². The van der Waals surface area contributed by atoms with Gasteiger partial charge in [-0.3, -0.25) is 0 Å². The molecular formula is C16H22ClN3. The summed E-state index contributed by atoms with van der Waals surface area (Å²) in [7, 11) is 0. The first-order valence-electron chi connectivity index (χ1n) is 6.95. The molecule has 0 radical (unpaired) electrons. The molecule has 0 spiro atoms. The summed E-state index contributed by atoms with van der Waals surface area (Å²) in [6.07, 6.45) is 4.77. The average Bonchev–Trinajstić information content (AvgIpc) is 2.88. The lowest BCUT2D eigenvalue weighted by Crippen LogP contribution is -2.39. The van der Waals surface area contributed by atoms with E-state index in [1.54, 1.807) is 0 Å². The van der Waals surface area contributed by atoms with Crippen LogP contribution in [0.4, 0.5) is 0 Å². The van der Waals surface area contributed by atoms with Crippen LogP contribution in [0.15, 0.2) is 36.8 Å². The zero-order valence-corrected chi connectivity index (χ0v) is 13.1. The lowest BCUT2D eigenvalue weighted by molar-refractivity contribution is 0.267. The van der Waals surface area contributed by atoms with Crippen LogP contribution in [0.3, 0.4) is 0 Å². The quantitative estimate of drug-likeness (QED) is 0.907. The monoisotopic (exact) mass is 291 g/mol. The van der Waals surface area contributed by atoms with Crippen molar-refractivity contribution in [3.05, 3.63) is 41.8 Å². The van der Waals surface area contributed by atoms with E-state index in [2.05, 4.69) is 30.3 Å². The second kappa shape index (κ2) is 5.98. The molecule has 108 valence electrons. The summed E-state index contributed by atoms with van der Waals surface area (Å²) in [6.45, 7) is 7.20. The van der Waals surface area contributed by atoms with Crippen LogP contribution in [0.25, 0.3) is 11.3 Å². The Hall–Kier alpha value is -1.32. The summed E-state index contributed by atoms with van der Waals surface area (Å²) in [5.74, 6) is 0.573. The Balaban J connectivity index is 2.43. The molecule has 0 aliphatic rings. The molecule has 0 aliphatic carbocycles. The molecule has 2 aromatic rings. The first-order valence-corrected chi connectivity index (χ1v) is 7.33. The summed E-state index contributed by atoms with van der Waals surface area (Å²) in [4.78, 5) is 4.32. The van der Waals surface area contributed by atoms with E-state index < -0.39 is 0 Å². The Morgan fingerprint density at radius 1 is 1.30 bits per heavy atom. The predicted molar refractivity (Wildman–Crippen MR) is 84.8 cm³/mol. The second-order valence-electron chi connectivity index (χ2n) is 5.95. The zero-order chi connectivity index (χ0) is 14.8. The molecule has 0 saturated carbocycles. The molecule has 2 N–H and O–H groups in total. The Morgan fingerprint density at radius 3 is 2.50 bits per heavy atom. The molecule has 1 aromatic carbocycles. The maximum atomic E-state index is 6.05. The molecule has 0 fully saturated rings. The minimum atomic E-state index is -0.125. The molecule has 0 bridgehead atoms. The van der Waals surface area contributed by atoms with Crippen molar-refractivity contribution >= 4 is 11.6 Å². The van der Waals surface area contributed by atoms with E-state index in [1.807, 2.05) is 36.8 Å². The van der Waals surface area contributed by atoms with Gasteiger partial charge >= 0.3 is 0 Å². The first kappa shape index (κ1) is 15.1. The third-order valence-corrected chi connectivity index (χ3v) is 3.90. The van der Waals surface area contributed by atoms with Gasteiger partial charge in [0.25, 0.3) is 0 Å². The van der Waals surface area contributed by atoms with Crippen molar-refractivity contribution < 1.29 is 0 Å². The van der Waals surface area contributed by atoms with E-state index in [9.17, 15) is 0 Å². The summed E-state index contributed by atoms with van der Waals surface area (Å²) < 4.78 is 2.19. The third-order valence-electron chi connectivity index (χ3n) is 3.65. The lowest BCUT2D eigenvalue weighted by atomic mass is 9.90. The smallest absolute Gasteiger partial charge is 0.0956 e. The Labute approximate surface area is 125 Å². The maximum Gasteiger partial charge on any atom is 0.0956 e. The van der Waals surface area contributed by atoms with Gasteiger partial charge in [-0.25, -0.2) is 4.98 Å². The average molecular weight is 292 g/mol. The molecule has 1 aromatic heterocycles. The van der Waals surface area contributed by atoms with Crippen LogP contribution in [0.1, 0.15) is 27.2 Å². The van der Waals surface area contributed by atoms with Crippen LogP contribution < -0.4 is 5.73 Å². The van der Waals surface area contributed by atoms with Crippen molar-refractivity contribution in [1.82, 2.24) is 9.55 Å². The minimum Gasteiger partial charge on any atom is -0.328 e. The highest BCUT2D eigenvalue weighted by molar-refractivity contribution is 6.30. The third kappa shape index (κ3) is 3.05. The SMILES string of the molecule is CC(C)CC(C)(CN)n1cncc1-c1ccc(Cl)cc1. The molecule has 3 nitrogen and oxygen atoms in total. The van der Waals surface area contributed by atoms with Crippen LogP contribution in [0, 0.1) is 5.92 Å². The number of halogens is 1. The van der Waals surface area contributed by atoms with Gasteiger partial charge in [0.2, 0.25) is 0 Å². The van der Waals surface area contributed by atoms with Crippen LogP contribution >= 0.6 is 11.6 Å². The maximum absolute atomic E-state index is 6.05. The number of aromatic nitrogens is 2. The molecule has 2 rings (SSSR count). The molecule has 0 saturated heterocycles. The fraction of sp³-hybridized carbons (Fsp3) is 0.438. The van der Waals surface area contributed by atoms with Crippen molar-refractivity contribution in [2.45, 2.75) is 32.7 Å². The second-order valence-corrected chi connectivity index (χ2v) is 6.39. The zero-order valence-electron chi connectivity index (χ0n) is 12.3. The van der Waals surface area contributed by atoms with E-state index in [1.165, 1.54) is 0 Å². The van der Waals surface area contributed by atoms with Gasteiger partial charge in [-0.05, 0) is 37.0 Å². The summed E-state index contributed by atoms with van der Waals surface area (Å²) in [5.41, 5.74) is 8.11. The summed E-state index contributed by atoms with van der Waals surface area (Å²) in [6, 6.07) is 7.83. The first-order chi connectivity index (χ1) is 9.46. The van der Waals surface area contributed by atoms with Gasteiger partial charge in [0.1, 0.15) is 0 Å². The minimum absolute atomic E-state index is 0.125. The van der Waals surface area contributed by atoms with Gasteiger partial charge in [0.15, 0.2) is 0 Å². The van der Waals surface area contributed by atoms with E-state index in [0.717, 1.165) is 22.7 Å². The van der Waals surface area contributed by atoms with E-state index in [4.69, 9.17) is 17.3 Å². The van der Waals surface area contributed by atoms with Crippen molar-refractivity contribution in [2.24, 2.45) is 11.7 Å². The molecule has 20 heavy (non-hydrogen) atoms. The van der Waals surface area contributed by atoms with Crippen molar-refractivity contribution in [1.29, 1.82) is 0 Å². The Kier molecular flexibility index (Phi) is 4.51. The van der Waals surface area contributed by atoms with Crippen molar-refractivity contribution in [3.8, 4) is 11.3 Å². The standard InChI is InChI=1S/C16H22ClN3/c1-12(2)8-16(3,10-18)20-11-19-9-15(20)13-4-6-14(17)7-5-13/h4-7,9,11-12H,8,10,18H2,1-3H3. The van der Waals surface area contributed by atoms with E-state index in [-0.39, 0.29) is 5.54 Å². The molecule has 1 atom stereocenters. The Bertz CT molecular complexity index is 559. The normalized spacial score (nSPS) is 14.5. The van der Waals surface area contributed by atoms with Crippen molar-refractivity contribution in [2.75, 3.05) is 6.54 Å². The molecule has 1 heterocycles. The number of benzene rings is 1. The summed E-state index contributed by atoms with van der Waals surface area (Å²) in [5, 5.41) is 0.739. The molecular weight excluding hydrogens is 270 g/mol. The largest absolute Gasteiger partial charge is 0.328 e. The van der Waals surface area contributed by atoms with Gasteiger partial charge in [0, 0.05) is 11.6 Å². The number of rotatable bonds is 5. The topological polar surface area (TPSA) is 43.8 Å². The van der Waals surface area contributed by atoms with Crippen molar-refractivity contribution in [3.63, 3.8) is 0 Å². The van der Waals surface area contributed by atoms with Gasteiger partial charge in [0.05, 0.1) is 23.8 Å². The number of nitrogens with zero attached hydrogens (tertiary/aromatic N) is 2. The number of nitrogens with two attached hydrogens (primary N) is 1. The highest BCUT2D eigenvalue weighted by atomic mass is 35.5. The van der Waals surface area contributed by atoms with Gasteiger partial charge in [-0.15, -0.1) is 0 Å². The highest BCUT2D eigenvalue weighted by Crippen LogP contribution is 2.30. The molecule has 0 amide bonds. The Morgan fingerprint density at radius 2 is 1.95 bits per heavy atom. The number of hydrogen-bond donors (Lipinski definition) is 1. The summed E-state index contributed by atoms with van der Waals surface area (Å²) >= 11 is 5.96. The molecule has 1 unspecified atom stereocenters. The molecule has 4 heteroatoms. The van der Waals surface area contributed by atoms with Gasteiger partial charge in [-0.1, -0.05) is 37.6 Å². The van der Waals surface area contributed by atoms with E-state index in [0.29, 0.717) is 12.5 Å². The van der Waals surface area contributed by atoms with E-state index >= 15 is 0 Å². The highest BCUT2D eigenvalue weighted by Gasteiger charge is 2.28. The number of imidazole rings is 1.